The number of rotatable bonds is 8. The molecule has 5 fully saturated rings. The van der Waals surface area contributed by atoms with Crippen LogP contribution in [0, 0.1) is 57.1 Å². The largest absolute Gasteiger partial charge is 0.478 e. The first-order valence-electron chi connectivity index (χ1n) is 19.5. The average Bonchev–Trinajstić information content (AvgIpc) is 3.62. The first-order chi connectivity index (χ1) is 23.1. The van der Waals surface area contributed by atoms with Gasteiger partial charge in [-0.2, -0.15) is 0 Å². The van der Waals surface area contributed by atoms with Gasteiger partial charge in [-0.25, -0.2) is 9.18 Å². The molecular weight excluding hydrogens is 611 g/mol. The SMILES string of the molecule is C=C(C)C1CCC2(NCCCN3CCCC3=O)CCC3(C)C(CCC4C5(C)CC=C(c6ccc(C(=O)O)c(F)c6)C(C)(C)C5CCC43C)C12. The third-order valence-corrected chi connectivity index (χ3v) is 16.4. The summed E-state index contributed by atoms with van der Waals surface area (Å²) >= 11 is 0. The van der Waals surface area contributed by atoms with Gasteiger partial charge in [-0.3, -0.25) is 4.79 Å². The normalized spacial score (nSPS) is 41.0. The van der Waals surface area contributed by atoms with Gasteiger partial charge in [0.15, 0.2) is 0 Å². The van der Waals surface area contributed by atoms with Crippen molar-refractivity contribution in [3.05, 3.63) is 53.4 Å². The second kappa shape index (κ2) is 12.1. The molecule has 0 spiro atoms. The van der Waals surface area contributed by atoms with E-state index in [1.807, 2.05) is 6.07 Å². The number of allylic oxidation sites excluding steroid dienone is 3. The van der Waals surface area contributed by atoms with E-state index in [1.165, 1.54) is 74.6 Å². The molecule has 1 saturated heterocycles. The lowest BCUT2D eigenvalue weighted by Gasteiger charge is -2.72. The van der Waals surface area contributed by atoms with Crippen molar-refractivity contribution >= 4 is 17.4 Å². The number of carbonyl (C=O) groups excluding carboxylic acids is 1. The van der Waals surface area contributed by atoms with Crippen LogP contribution in [0.3, 0.4) is 0 Å². The van der Waals surface area contributed by atoms with Crippen LogP contribution in [0.2, 0.25) is 0 Å². The minimum atomic E-state index is -1.22. The summed E-state index contributed by atoms with van der Waals surface area (Å²) in [5.74, 6) is 1.39. The maximum absolute atomic E-state index is 14.9. The zero-order valence-electron chi connectivity index (χ0n) is 31.1. The van der Waals surface area contributed by atoms with Crippen molar-refractivity contribution < 1.29 is 19.1 Å². The van der Waals surface area contributed by atoms with E-state index in [-0.39, 0.29) is 32.8 Å². The highest BCUT2D eigenvalue weighted by Gasteiger charge is 2.70. The summed E-state index contributed by atoms with van der Waals surface area (Å²) in [7, 11) is 0. The van der Waals surface area contributed by atoms with Crippen LogP contribution in [0.5, 0.6) is 0 Å². The Kier molecular flexibility index (Phi) is 8.60. The topological polar surface area (TPSA) is 69.6 Å². The van der Waals surface area contributed by atoms with E-state index < -0.39 is 11.8 Å². The van der Waals surface area contributed by atoms with Gasteiger partial charge >= 0.3 is 5.97 Å². The van der Waals surface area contributed by atoms with E-state index in [9.17, 15) is 19.1 Å². The number of aromatic carboxylic acids is 1. The van der Waals surface area contributed by atoms with E-state index in [4.69, 9.17) is 0 Å². The number of fused-ring (bicyclic) bond motifs is 7. The van der Waals surface area contributed by atoms with Crippen LogP contribution in [-0.4, -0.2) is 47.1 Å². The van der Waals surface area contributed by atoms with E-state index >= 15 is 0 Å². The molecule has 5 aliphatic carbocycles. The van der Waals surface area contributed by atoms with Crippen molar-refractivity contribution in [3.63, 3.8) is 0 Å². The fraction of sp³-hybridized carbons (Fsp3) is 0.721. The van der Waals surface area contributed by atoms with Crippen LogP contribution < -0.4 is 5.32 Å². The summed E-state index contributed by atoms with van der Waals surface area (Å²) in [6.07, 6.45) is 16.0. The summed E-state index contributed by atoms with van der Waals surface area (Å²) < 4.78 is 14.9. The summed E-state index contributed by atoms with van der Waals surface area (Å²) in [5, 5.41) is 13.6. The van der Waals surface area contributed by atoms with Gasteiger partial charge in [0.25, 0.3) is 0 Å². The van der Waals surface area contributed by atoms with E-state index in [1.54, 1.807) is 0 Å². The Bertz CT molecular complexity index is 1570. The van der Waals surface area contributed by atoms with Crippen LogP contribution in [0.15, 0.2) is 36.4 Å². The minimum absolute atomic E-state index is 0.148. The van der Waals surface area contributed by atoms with E-state index in [0.29, 0.717) is 35.5 Å². The second-order valence-electron chi connectivity index (χ2n) is 18.6. The van der Waals surface area contributed by atoms with Crippen molar-refractivity contribution in [3.8, 4) is 0 Å². The highest BCUT2D eigenvalue weighted by molar-refractivity contribution is 5.88. The van der Waals surface area contributed by atoms with Crippen molar-refractivity contribution in [2.75, 3.05) is 19.6 Å². The molecule has 1 amide bonds. The maximum Gasteiger partial charge on any atom is 0.338 e. The Labute approximate surface area is 294 Å². The first-order valence-corrected chi connectivity index (χ1v) is 19.5. The van der Waals surface area contributed by atoms with Crippen molar-refractivity contribution in [1.82, 2.24) is 10.2 Å². The van der Waals surface area contributed by atoms with Gasteiger partial charge in [-0.05, 0) is 159 Å². The molecule has 0 radical (unpaired) electrons. The Morgan fingerprint density at radius 2 is 1.80 bits per heavy atom. The number of halogens is 1. The van der Waals surface area contributed by atoms with Crippen molar-refractivity contribution in [2.45, 2.75) is 124 Å². The predicted molar refractivity (Wildman–Crippen MR) is 194 cm³/mol. The van der Waals surface area contributed by atoms with E-state index in [2.05, 4.69) is 64.4 Å². The molecule has 6 heteroatoms. The number of amides is 1. The van der Waals surface area contributed by atoms with E-state index in [0.717, 1.165) is 50.9 Å². The molecule has 5 nitrogen and oxygen atoms in total. The Balaban J connectivity index is 1.16. The molecule has 4 saturated carbocycles. The number of nitrogens with one attached hydrogen (secondary N) is 1. The molecule has 1 aromatic rings. The predicted octanol–water partition coefficient (Wildman–Crippen LogP) is 9.53. The van der Waals surface area contributed by atoms with Crippen LogP contribution >= 0.6 is 0 Å². The average molecular weight is 673 g/mol. The molecular formula is C43H61FN2O3. The molecule has 49 heavy (non-hydrogen) atoms. The van der Waals surface area contributed by atoms with Gasteiger partial charge in [-0.15, -0.1) is 0 Å². The second-order valence-corrected chi connectivity index (χ2v) is 18.6. The molecule has 0 bridgehead atoms. The van der Waals surface area contributed by atoms with Gasteiger partial charge < -0.3 is 15.3 Å². The number of carboxylic acid groups (broad SMARTS) is 1. The van der Waals surface area contributed by atoms with Gasteiger partial charge in [0.1, 0.15) is 5.82 Å². The summed E-state index contributed by atoms with van der Waals surface area (Å²) in [4.78, 5) is 25.8. The molecule has 9 atom stereocenters. The number of hydrogen-bond acceptors (Lipinski definition) is 3. The van der Waals surface area contributed by atoms with Crippen LogP contribution in [0.1, 0.15) is 135 Å². The first kappa shape index (κ1) is 35.0. The van der Waals surface area contributed by atoms with Crippen LogP contribution in [0.4, 0.5) is 4.39 Å². The lowest BCUT2D eigenvalue weighted by Crippen LogP contribution is -2.68. The summed E-state index contributed by atoms with van der Waals surface area (Å²) in [6.45, 7) is 22.3. The zero-order valence-corrected chi connectivity index (χ0v) is 31.1. The fourth-order valence-corrected chi connectivity index (χ4v) is 14.0. The van der Waals surface area contributed by atoms with Crippen LogP contribution in [-0.2, 0) is 4.79 Å². The smallest absolute Gasteiger partial charge is 0.338 e. The molecule has 9 unspecified atom stereocenters. The Hall–Kier alpha value is -2.47. The number of carbonyl (C=O) groups is 2. The summed E-state index contributed by atoms with van der Waals surface area (Å²) in [6, 6.07) is 4.70. The molecule has 1 aliphatic heterocycles. The molecule has 1 aromatic carbocycles. The number of benzene rings is 1. The lowest BCUT2D eigenvalue weighted by molar-refractivity contribution is -0.219. The number of hydrogen-bond donors (Lipinski definition) is 2. The molecule has 2 N–H and O–H groups in total. The number of likely N-dealkylation sites (tertiary alicyclic amines) is 1. The highest BCUT2D eigenvalue weighted by atomic mass is 19.1. The van der Waals surface area contributed by atoms with Crippen molar-refractivity contribution in [2.24, 2.45) is 51.2 Å². The molecule has 0 aromatic heterocycles. The molecule has 7 rings (SSSR count). The zero-order chi connectivity index (χ0) is 35.1. The third-order valence-electron chi connectivity index (χ3n) is 16.4. The fourth-order valence-electron chi connectivity index (χ4n) is 14.0. The lowest BCUT2D eigenvalue weighted by atomic mass is 9.33. The monoisotopic (exact) mass is 672 g/mol. The summed E-state index contributed by atoms with van der Waals surface area (Å²) in [5.41, 5.74) is 3.77. The molecule has 268 valence electrons. The number of carboxylic acids is 1. The van der Waals surface area contributed by atoms with Gasteiger partial charge in [-0.1, -0.05) is 58.9 Å². The standard InChI is InChI=1S/C43H61FN2O3/c1-27(2)29-15-20-43(45-23-9-25-46-24-8-10-36(46)47)22-21-41(6)32(37(29)43)13-14-35-40(5)18-16-31(28-11-12-30(38(48)49)33(44)26-28)39(3,4)34(40)17-19-42(35,41)7/h11-12,16,26,29,32,34-35,37,45H,1,8-10,13-15,17-25H2,2-7H3,(H,48,49). The van der Waals surface area contributed by atoms with Crippen LogP contribution in [0.25, 0.3) is 5.57 Å². The Morgan fingerprint density at radius 1 is 1.02 bits per heavy atom. The van der Waals surface area contributed by atoms with Gasteiger partial charge in [0, 0.05) is 25.0 Å². The quantitative estimate of drug-likeness (QED) is 0.213. The third kappa shape index (κ3) is 5.14. The van der Waals surface area contributed by atoms with Gasteiger partial charge in [0.05, 0.1) is 5.56 Å². The minimum Gasteiger partial charge on any atom is -0.478 e. The number of nitrogens with zero attached hydrogens (tertiary/aromatic N) is 1. The maximum atomic E-state index is 14.9. The van der Waals surface area contributed by atoms with Crippen molar-refractivity contribution in [1.29, 1.82) is 0 Å². The Morgan fingerprint density at radius 3 is 2.47 bits per heavy atom. The van der Waals surface area contributed by atoms with Gasteiger partial charge in [0.2, 0.25) is 5.91 Å². The highest BCUT2D eigenvalue weighted by Crippen LogP contribution is 2.76. The molecule has 1 heterocycles. The molecule has 6 aliphatic rings.